The Bertz CT molecular complexity index is 531. The number of hydrazine groups is 1. The van der Waals surface area contributed by atoms with E-state index in [1.807, 2.05) is 12.3 Å². The van der Waals surface area contributed by atoms with Crippen molar-refractivity contribution in [1.29, 1.82) is 0 Å². The second-order valence-electron chi connectivity index (χ2n) is 5.39. The van der Waals surface area contributed by atoms with Crippen LogP contribution in [0.2, 0.25) is 0 Å². The number of alkyl halides is 3. The highest BCUT2D eigenvalue weighted by molar-refractivity contribution is 5.95. The minimum Gasteiger partial charge on any atom is -0.349 e. The Labute approximate surface area is 120 Å². The van der Waals surface area contributed by atoms with Gasteiger partial charge in [0.2, 0.25) is 0 Å². The first-order valence-electron chi connectivity index (χ1n) is 6.81. The minimum absolute atomic E-state index is 0.0135. The number of hydrogen-bond acceptors (Lipinski definition) is 3. The molecular weight excluding hydrogens is 283 g/mol. The number of carbonyl (C=O) groups excluding carboxylic acids is 1. The van der Waals surface area contributed by atoms with Crippen molar-refractivity contribution in [2.24, 2.45) is 11.8 Å². The Balaban J connectivity index is 2.21. The highest BCUT2D eigenvalue weighted by Crippen LogP contribution is 2.35. The van der Waals surface area contributed by atoms with Gasteiger partial charge in [-0.15, -0.1) is 0 Å². The van der Waals surface area contributed by atoms with E-state index in [0.29, 0.717) is 5.92 Å². The molecule has 2 rings (SSSR count). The SMILES string of the molecule is CC1CCCC1NC(=O)c1ccc(NN)c(C(F)(F)F)c1. The van der Waals surface area contributed by atoms with E-state index < -0.39 is 17.6 Å². The van der Waals surface area contributed by atoms with Gasteiger partial charge in [-0.3, -0.25) is 10.6 Å². The van der Waals surface area contributed by atoms with Crippen LogP contribution in [0.1, 0.15) is 42.1 Å². The van der Waals surface area contributed by atoms with Gasteiger partial charge in [-0.1, -0.05) is 13.3 Å². The number of nitrogens with one attached hydrogen (secondary N) is 2. The summed E-state index contributed by atoms with van der Waals surface area (Å²) in [4.78, 5) is 12.1. The second kappa shape index (κ2) is 5.93. The quantitative estimate of drug-likeness (QED) is 0.594. The summed E-state index contributed by atoms with van der Waals surface area (Å²) in [6.45, 7) is 2.03. The summed E-state index contributed by atoms with van der Waals surface area (Å²) in [6, 6.07) is 3.35. The standard InChI is InChI=1S/C14H18F3N3O/c1-8-3-2-4-11(8)19-13(21)9-5-6-12(20-18)10(7-9)14(15,16)17/h5-8,11,20H,2-4,18H2,1H3,(H,19,21). The van der Waals surface area contributed by atoms with Gasteiger partial charge in [-0.2, -0.15) is 13.2 Å². The maximum absolute atomic E-state index is 12.9. The molecule has 1 amide bonds. The third kappa shape index (κ3) is 3.47. The highest BCUT2D eigenvalue weighted by Gasteiger charge is 2.34. The summed E-state index contributed by atoms with van der Waals surface area (Å²) in [6.07, 6.45) is -1.66. The maximum Gasteiger partial charge on any atom is 0.418 e. The maximum atomic E-state index is 12.9. The number of anilines is 1. The lowest BCUT2D eigenvalue weighted by molar-refractivity contribution is -0.137. The predicted octanol–water partition coefficient (Wildman–Crippen LogP) is 2.91. The first kappa shape index (κ1) is 15.6. The first-order valence-corrected chi connectivity index (χ1v) is 6.81. The smallest absolute Gasteiger partial charge is 0.349 e. The van der Waals surface area contributed by atoms with Crippen LogP contribution in [-0.2, 0) is 6.18 Å². The van der Waals surface area contributed by atoms with Gasteiger partial charge in [0.1, 0.15) is 0 Å². The number of nitrogens with two attached hydrogens (primary N) is 1. The molecule has 0 bridgehead atoms. The molecule has 0 saturated heterocycles. The Morgan fingerprint density at radius 2 is 2.05 bits per heavy atom. The van der Waals surface area contributed by atoms with Crippen molar-refractivity contribution in [1.82, 2.24) is 5.32 Å². The van der Waals surface area contributed by atoms with Gasteiger partial charge >= 0.3 is 6.18 Å². The fourth-order valence-corrected chi connectivity index (χ4v) is 2.66. The zero-order valence-electron chi connectivity index (χ0n) is 11.6. The molecule has 1 aliphatic carbocycles. The van der Waals surface area contributed by atoms with Gasteiger partial charge in [-0.05, 0) is 37.0 Å². The number of nitrogen functional groups attached to an aromatic ring is 1. The molecule has 1 aromatic carbocycles. The summed E-state index contributed by atoms with van der Waals surface area (Å²) >= 11 is 0. The molecule has 4 nitrogen and oxygen atoms in total. The molecule has 1 aromatic rings. The monoisotopic (exact) mass is 301 g/mol. The van der Waals surface area contributed by atoms with Crippen LogP contribution in [0.5, 0.6) is 0 Å². The molecule has 2 atom stereocenters. The summed E-state index contributed by atoms with van der Waals surface area (Å²) in [7, 11) is 0. The van der Waals surface area contributed by atoms with Crippen molar-refractivity contribution in [2.75, 3.05) is 5.43 Å². The molecule has 1 saturated carbocycles. The van der Waals surface area contributed by atoms with Crippen molar-refractivity contribution in [3.63, 3.8) is 0 Å². The van der Waals surface area contributed by atoms with Gasteiger partial charge in [0, 0.05) is 11.6 Å². The number of halogens is 3. The molecule has 116 valence electrons. The largest absolute Gasteiger partial charge is 0.418 e. The molecule has 1 fully saturated rings. The third-order valence-corrected chi connectivity index (χ3v) is 3.92. The van der Waals surface area contributed by atoms with Crippen LogP contribution in [0.25, 0.3) is 0 Å². The van der Waals surface area contributed by atoms with E-state index in [0.717, 1.165) is 31.4 Å². The molecule has 0 spiro atoms. The summed E-state index contributed by atoms with van der Waals surface area (Å²) in [5.41, 5.74) is 0.780. The molecule has 1 aliphatic rings. The average molecular weight is 301 g/mol. The van der Waals surface area contributed by atoms with E-state index in [-0.39, 0.29) is 17.3 Å². The molecule has 21 heavy (non-hydrogen) atoms. The van der Waals surface area contributed by atoms with E-state index >= 15 is 0 Å². The summed E-state index contributed by atoms with van der Waals surface area (Å²) in [5.74, 6) is 4.94. The molecule has 2 unspecified atom stereocenters. The van der Waals surface area contributed by atoms with Crippen LogP contribution in [-0.4, -0.2) is 11.9 Å². The molecule has 0 heterocycles. The Hall–Kier alpha value is -1.76. The topological polar surface area (TPSA) is 67.2 Å². The summed E-state index contributed by atoms with van der Waals surface area (Å²) < 4.78 is 38.8. The van der Waals surface area contributed by atoms with Crippen LogP contribution < -0.4 is 16.6 Å². The van der Waals surface area contributed by atoms with Crippen LogP contribution in [0.3, 0.4) is 0 Å². The number of rotatable bonds is 3. The molecular formula is C14H18F3N3O. The average Bonchev–Trinajstić information content (AvgIpc) is 2.82. The Kier molecular flexibility index (Phi) is 4.41. The predicted molar refractivity (Wildman–Crippen MR) is 73.5 cm³/mol. The fraction of sp³-hybridized carbons (Fsp3) is 0.500. The van der Waals surface area contributed by atoms with Gasteiger partial charge < -0.3 is 10.7 Å². The molecule has 0 radical (unpaired) electrons. The number of amides is 1. The lowest BCUT2D eigenvalue weighted by Gasteiger charge is -2.18. The van der Waals surface area contributed by atoms with E-state index in [2.05, 4.69) is 5.32 Å². The molecule has 7 heteroatoms. The van der Waals surface area contributed by atoms with Gasteiger partial charge in [-0.25, -0.2) is 0 Å². The van der Waals surface area contributed by atoms with Crippen LogP contribution in [0.15, 0.2) is 18.2 Å². The molecule has 4 N–H and O–H groups in total. The van der Waals surface area contributed by atoms with E-state index in [1.165, 1.54) is 6.07 Å². The van der Waals surface area contributed by atoms with Crippen LogP contribution in [0.4, 0.5) is 18.9 Å². The summed E-state index contributed by atoms with van der Waals surface area (Å²) in [5, 5.41) is 2.80. The highest BCUT2D eigenvalue weighted by atomic mass is 19.4. The zero-order valence-corrected chi connectivity index (χ0v) is 11.6. The molecule has 0 aromatic heterocycles. The van der Waals surface area contributed by atoms with Crippen molar-refractivity contribution < 1.29 is 18.0 Å². The van der Waals surface area contributed by atoms with E-state index in [4.69, 9.17) is 5.84 Å². The second-order valence-corrected chi connectivity index (χ2v) is 5.39. The molecule has 0 aliphatic heterocycles. The van der Waals surface area contributed by atoms with Crippen molar-refractivity contribution >= 4 is 11.6 Å². The minimum atomic E-state index is -4.57. The van der Waals surface area contributed by atoms with Crippen molar-refractivity contribution in [2.45, 2.75) is 38.4 Å². The lowest BCUT2D eigenvalue weighted by Crippen LogP contribution is -2.36. The van der Waals surface area contributed by atoms with Crippen molar-refractivity contribution in [3.05, 3.63) is 29.3 Å². The lowest BCUT2D eigenvalue weighted by atomic mass is 10.0. The fourth-order valence-electron chi connectivity index (χ4n) is 2.66. The van der Waals surface area contributed by atoms with Gasteiger partial charge in [0.05, 0.1) is 11.3 Å². The number of carbonyl (C=O) groups is 1. The third-order valence-electron chi connectivity index (χ3n) is 3.92. The van der Waals surface area contributed by atoms with E-state index in [9.17, 15) is 18.0 Å². The zero-order chi connectivity index (χ0) is 15.6. The Morgan fingerprint density at radius 1 is 1.33 bits per heavy atom. The van der Waals surface area contributed by atoms with Crippen LogP contribution in [0, 0.1) is 5.92 Å². The number of hydrogen-bond donors (Lipinski definition) is 3. The van der Waals surface area contributed by atoms with Crippen molar-refractivity contribution in [3.8, 4) is 0 Å². The number of benzene rings is 1. The Morgan fingerprint density at radius 3 is 2.57 bits per heavy atom. The van der Waals surface area contributed by atoms with E-state index in [1.54, 1.807) is 0 Å². The van der Waals surface area contributed by atoms with Gasteiger partial charge in [0.15, 0.2) is 0 Å². The first-order chi connectivity index (χ1) is 9.82. The normalized spacial score (nSPS) is 22.1. The van der Waals surface area contributed by atoms with Gasteiger partial charge in [0.25, 0.3) is 5.91 Å². The van der Waals surface area contributed by atoms with Crippen LogP contribution >= 0.6 is 0 Å².